The summed E-state index contributed by atoms with van der Waals surface area (Å²) in [6, 6.07) is 1.01. The minimum absolute atomic E-state index is 0.0837. The van der Waals surface area contributed by atoms with Crippen molar-refractivity contribution in [2.45, 2.75) is 40.9 Å². The van der Waals surface area contributed by atoms with Crippen molar-refractivity contribution < 1.29 is 46.4 Å². The molecule has 0 amide bonds. The molecular weight excluding hydrogens is 542 g/mol. The molecule has 3 heterocycles. The monoisotopic (exact) mass is 556 g/mol. The molecule has 0 bridgehead atoms. The molecule has 16 heteroatoms. The van der Waals surface area contributed by atoms with Crippen molar-refractivity contribution in [3.8, 4) is 11.3 Å². The van der Waals surface area contributed by atoms with Crippen LogP contribution in [0.25, 0.3) is 11.3 Å². The number of alkyl halides is 3. The normalized spacial score (nSPS) is 24.8. The Morgan fingerprint density at radius 2 is 1.75 bits per heavy atom. The molecular formula is C20H15ClF6N4O4S. The number of thioether (sulfide) groups is 1. The number of rotatable bonds is 5. The first-order valence-corrected chi connectivity index (χ1v) is 11.2. The van der Waals surface area contributed by atoms with E-state index in [9.17, 15) is 41.7 Å². The minimum atomic E-state index is -4.78. The van der Waals surface area contributed by atoms with Crippen LogP contribution in [0.1, 0.15) is 11.7 Å². The van der Waals surface area contributed by atoms with Gasteiger partial charge in [0.05, 0.1) is 17.8 Å². The third-order valence-electron chi connectivity index (χ3n) is 5.28. The molecule has 2 aromatic heterocycles. The molecule has 3 N–H and O–H groups in total. The van der Waals surface area contributed by atoms with Gasteiger partial charge in [-0.1, -0.05) is 28.6 Å². The van der Waals surface area contributed by atoms with Crippen molar-refractivity contribution in [2.75, 3.05) is 6.61 Å². The molecule has 3 aromatic rings. The average Bonchev–Trinajstić information content (AvgIpc) is 3.28. The summed E-state index contributed by atoms with van der Waals surface area (Å²) in [5.41, 5.74) is -2.85. The Morgan fingerprint density at radius 1 is 1.08 bits per heavy atom. The average molecular weight is 557 g/mol. The van der Waals surface area contributed by atoms with Gasteiger partial charge in [0.25, 0.3) is 0 Å². The van der Waals surface area contributed by atoms with E-state index >= 15 is 0 Å². The fourth-order valence-electron chi connectivity index (χ4n) is 3.56. The number of aromatic nitrogens is 4. The number of nitrogens with zero attached hydrogens (tertiary/aromatic N) is 4. The van der Waals surface area contributed by atoms with E-state index in [1.54, 1.807) is 0 Å². The van der Waals surface area contributed by atoms with Crippen molar-refractivity contribution in [3.05, 3.63) is 58.8 Å². The second-order valence-corrected chi connectivity index (χ2v) is 9.23. The molecule has 1 saturated heterocycles. The van der Waals surface area contributed by atoms with E-state index in [1.807, 2.05) is 0 Å². The first-order valence-electron chi connectivity index (χ1n) is 9.99. The topological polar surface area (TPSA) is 114 Å². The van der Waals surface area contributed by atoms with E-state index in [-0.39, 0.29) is 16.2 Å². The van der Waals surface area contributed by atoms with E-state index in [0.717, 1.165) is 34.9 Å². The van der Waals surface area contributed by atoms with Crippen LogP contribution >= 0.6 is 23.4 Å². The van der Waals surface area contributed by atoms with Crippen molar-refractivity contribution >= 4 is 23.4 Å². The predicted octanol–water partition coefficient (Wildman–Crippen LogP) is 3.20. The lowest BCUT2D eigenvalue weighted by molar-refractivity contribution is -0.178. The number of hydrogen-bond donors (Lipinski definition) is 3. The molecule has 1 fully saturated rings. The number of aliphatic hydroxyl groups is 3. The second kappa shape index (κ2) is 10.1. The largest absolute Gasteiger partial charge is 0.434 e. The molecule has 194 valence electrons. The van der Waals surface area contributed by atoms with Gasteiger partial charge in [0.2, 0.25) is 0 Å². The van der Waals surface area contributed by atoms with Gasteiger partial charge in [0, 0.05) is 16.7 Å². The Bertz CT molecular complexity index is 1240. The van der Waals surface area contributed by atoms with Crippen molar-refractivity contribution in [3.63, 3.8) is 0 Å². The summed E-state index contributed by atoms with van der Waals surface area (Å²) >= 11 is 6.41. The summed E-state index contributed by atoms with van der Waals surface area (Å²) in [6.07, 6.45) is -7.17. The van der Waals surface area contributed by atoms with Crippen molar-refractivity contribution in [1.29, 1.82) is 0 Å². The minimum Gasteiger partial charge on any atom is -0.394 e. The summed E-state index contributed by atoms with van der Waals surface area (Å²) in [5, 5.41) is 38.0. The summed E-state index contributed by atoms with van der Waals surface area (Å²) in [6.45, 7) is -0.705. The highest BCUT2D eigenvalue weighted by Crippen LogP contribution is 2.40. The third kappa shape index (κ3) is 5.17. The van der Waals surface area contributed by atoms with Crippen LogP contribution in [0.15, 0.2) is 35.5 Å². The Balaban J connectivity index is 1.62. The van der Waals surface area contributed by atoms with E-state index < -0.39 is 70.7 Å². The third-order valence-corrected chi connectivity index (χ3v) is 6.69. The van der Waals surface area contributed by atoms with Crippen LogP contribution < -0.4 is 0 Å². The quantitative estimate of drug-likeness (QED) is 0.324. The van der Waals surface area contributed by atoms with Gasteiger partial charge < -0.3 is 20.1 Å². The van der Waals surface area contributed by atoms with Gasteiger partial charge in [-0.3, -0.25) is 0 Å². The smallest absolute Gasteiger partial charge is 0.394 e. The van der Waals surface area contributed by atoms with E-state index in [1.165, 1.54) is 0 Å². The number of benzene rings is 1. The van der Waals surface area contributed by atoms with Gasteiger partial charge in [-0.05, 0) is 18.2 Å². The Morgan fingerprint density at radius 3 is 2.33 bits per heavy atom. The summed E-state index contributed by atoms with van der Waals surface area (Å²) in [5.74, 6) is -4.61. The molecule has 5 atom stereocenters. The summed E-state index contributed by atoms with van der Waals surface area (Å²) in [4.78, 5) is 3.38. The molecule has 0 aliphatic carbocycles. The van der Waals surface area contributed by atoms with Gasteiger partial charge in [-0.15, -0.1) is 5.10 Å². The zero-order chi connectivity index (χ0) is 26.4. The molecule has 36 heavy (non-hydrogen) atoms. The molecule has 4 rings (SSSR count). The Hall–Kier alpha value is -2.43. The van der Waals surface area contributed by atoms with E-state index in [4.69, 9.17) is 16.3 Å². The lowest BCUT2D eigenvalue weighted by Gasteiger charge is -2.41. The van der Waals surface area contributed by atoms with Crippen LogP contribution in [0.2, 0.25) is 5.02 Å². The highest BCUT2D eigenvalue weighted by Gasteiger charge is 2.46. The molecule has 1 aliphatic heterocycles. The van der Waals surface area contributed by atoms with Crippen LogP contribution in [0.3, 0.4) is 0 Å². The van der Waals surface area contributed by atoms with Gasteiger partial charge in [0.1, 0.15) is 35.5 Å². The van der Waals surface area contributed by atoms with Gasteiger partial charge in [-0.2, -0.15) is 13.2 Å². The molecule has 1 aromatic carbocycles. The van der Waals surface area contributed by atoms with Crippen LogP contribution in [-0.2, 0) is 10.9 Å². The van der Waals surface area contributed by atoms with Crippen LogP contribution in [0.5, 0.6) is 0 Å². The number of halogens is 7. The zero-order valence-corrected chi connectivity index (χ0v) is 19.1. The number of hydrogen-bond acceptors (Lipinski definition) is 8. The molecule has 8 nitrogen and oxygen atoms in total. The number of pyridine rings is 1. The highest BCUT2D eigenvalue weighted by atomic mass is 35.5. The van der Waals surface area contributed by atoms with E-state index in [0.29, 0.717) is 12.1 Å². The molecule has 1 aliphatic rings. The van der Waals surface area contributed by atoms with Gasteiger partial charge in [-0.25, -0.2) is 22.8 Å². The van der Waals surface area contributed by atoms with Crippen molar-refractivity contribution in [1.82, 2.24) is 20.0 Å². The fourth-order valence-corrected chi connectivity index (χ4v) is 4.97. The molecule has 5 unspecified atom stereocenters. The summed E-state index contributed by atoms with van der Waals surface area (Å²) in [7, 11) is 0. The van der Waals surface area contributed by atoms with Crippen LogP contribution in [-0.4, -0.2) is 65.7 Å². The molecule has 0 saturated carbocycles. The van der Waals surface area contributed by atoms with Crippen LogP contribution in [0.4, 0.5) is 26.3 Å². The first-order chi connectivity index (χ1) is 16.9. The molecule has 0 radical (unpaired) electrons. The predicted molar refractivity (Wildman–Crippen MR) is 112 cm³/mol. The second-order valence-electron chi connectivity index (χ2n) is 7.65. The number of aliphatic hydroxyl groups excluding tert-OH is 3. The Labute approximate surface area is 207 Å². The fraction of sp³-hybridized carbons (Fsp3) is 0.350. The Kier molecular flexibility index (Phi) is 7.50. The van der Waals surface area contributed by atoms with Gasteiger partial charge >= 0.3 is 6.18 Å². The van der Waals surface area contributed by atoms with Gasteiger partial charge in [0.15, 0.2) is 23.1 Å². The number of ether oxygens (including phenoxy) is 1. The maximum atomic E-state index is 13.6. The molecule has 0 spiro atoms. The van der Waals surface area contributed by atoms with Crippen molar-refractivity contribution in [2.24, 2.45) is 0 Å². The summed E-state index contributed by atoms with van der Waals surface area (Å²) < 4.78 is 85.7. The maximum Gasteiger partial charge on any atom is 0.434 e. The zero-order valence-electron chi connectivity index (χ0n) is 17.6. The van der Waals surface area contributed by atoms with E-state index in [2.05, 4.69) is 15.3 Å². The lowest BCUT2D eigenvalue weighted by Crippen LogP contribution is -2.55. The maximum absolute atomic E-state index is 13.6. The first kappa shape index (κ1) is 26.6. The standard InChI is InChI=1S/C20H15ClF6N4O4S/c21-9-3-8(4-28-18(9)20(25,26)27)36-19-17(34)15(16(33)13(6-32)35-19)31-5-12(29-30-31)7-1-10(22)14(24)11(23)2-7/h1-5,13,15-17,19,32-34H,6H2. The van der Waals surface area contributed by atoms with Crippen LogP contribution in [0, 0.1) is 17.5 Å². The SMILES string of the molecule is OCC1OC(Sc2cnc(C(F)(F)F)c(Cl)c2)C(O)C(n2cc(-c3cc(F)c(F)c(F)c3)nn2)C1O. The lowest BCUT2D eigenvalue weighted by atomic mass is 9.97. The highest BCUT2D eigenvalue weighted by molar-refractivity contribution is 7.99.